The second kappa shape index (κ2) is 9.41. The van der Waals surface area contributed by atoms with Gasteiger partial charge in [-0.25, -0.2) is 9.67 Å². The summed E-state index contributed by atoms with van der Waals surface area (Å²) in [5.74, 6) is 0.898. The predicted octanol–water partition coefficient (Wildman–Crippen LogP) is 5.61. The lowest BCUT2D eigenvalue weighted by molar-refractivity contribution is 0.412. The van der Waals surface area contributed by atoms with Gasteiger partial charge in [-0.05, 0) is 64.5 Å². The van der Waals surface area contributed by atoms with Crippen LogP contribution in [0.1, 0.15) is 11.4 Å². The number of halogens is 1. The Bertz CT molecular complexity index is 1680. The van der Waals surface area contributed by atoms with E-state index in [1.807, 2.05) is 54.7 Å². The highest BCUT2D eigenvalue weighted by molar-refractivity contribution is 9.10. The molecule has 5 rings (SSSR count). The molecule has 0 aliphatic rings. The lowest BCUT2D eigenvalue weighted by Gasteiger charge is -2.06. The van der Waals surface area contributed by atoms with Crippen molar-refractivity contribution in [3.63, 3.8) is 0 Å². The van der Waals surface area contributed by atoms with Crippen LogP contribution in [-0.4, -0.2) is 26.9 Å². The fourth-order valence-corrected chi connectivity index (χ4v) is 4.31. The number of hydrogen-bond donors (Lipinski definition) is 1. The van der Waals surface area contributed by atoms with Gasteiger partial charge >= 0.3 is 0 Å². The molecular weight excluding hydrogens is 506 g/mol. The minimum Gasteiger partial charge on any atom is -0.496 e. The third-order valence-corrected chi connectivity index (χ3v) is 6.10. The molecule has 1 N–H and O–H groups in total. The first kappa shape index (κ1) is 22.3. The lowest BCUT2D eigenvalue weighted by Crippen LogP contribution is -2.11. The zero-order valence-electron chi connectivity index (χ0n) is 18.6. The molecule has 0 spiro atoms. The van der Waals surface area contributed by atoms with Gasteiger partial charge in [-0.1, -0.05) is 30.3 Å². The molecule has 0 saturated heterocycles. The molecule has 170 valence electrons. The second-order valence-electron chi connectivity index (χ2n) is 7.66. The van der Waals surface area contributed by atoms with Crippen LogP contribution < -0.4 is 10.3 Å². The third-order valence-electron chi connectivity index (χ3n) is 5.48. The Morgan fingerprint density at radius 2 is 1.89 bits per heavy atom. The molecule has 0 fully saturated rings. The third kappa shape index (κ3) is 4.37. The summed E-state index contributed by atoms with van der Waals surface area (Å²) in [5.41, 5.74) is 3.49. The number of methoxy groups -OCH3 is 1. The van der Waals surface area contributed by atoms with E-state index in [-0.39, 0.29) is 17.0 Å². The fourth-order valence-electron chi connectivity index (χ4n) is 3.77. The van der Waals surface area contributed by atoms with Gasteiger partial charge in [0.05, 0.1) is 33.7 Å². The zero-order chi connectivity index (χ0) is 24.4. The van der Waals surface area contributed by atoms with Gasteiger partial charge in [-0.3, -0.25) is 4.79 Å². The van der Waals surface area contributed by atoms with Gasteiger partial charge in [0.1, 0.15) is 17.5 Å². The first-order valence-electron chi connectivity index (χ1n) is 10.7. The van der Waals surface area contributed by atoms with Gasteiger partial charge in [0, 0.05) is 17.3 Å². The van der Waals surface area contributed by atoms with Crippen LogP contribution in [0, 0.1) is 11.3 Å². The van der Waals surface area contributed by atoms with Gasteiger partial charge in [-0.2, -0.15) is 10.4 Å². The van der Waals surface area contributed by atoms with E-state index < -0.39 is 0 Å². The van der Waals surface area contributed by atoms with E-state index in [9.17, 15) is 10.1 Å². The number of ether oxygens (including phenoxy) is 1. The molecule has 2 heterocycles. The summed E-state index contributed by atoms with van der Waals surface area (Å²) in [6, 6.07) is 24.6. The Balaban J connectivity index is 1.69. The van der Waals surface area contributed by atoms with Crippen molar-refractivity contribution >= 4 is 38.5 Å². The molecule has 0 unspecified atom stereocenters. The number of H-pyrrole nitrogens is 1. The van der Waals surface area contributed by atoms with Crippen LogP contribution in [0.4, 0.5) is 0 Å². The Morgan fingerprint density at radius 1 is 1.11 bits per heavy atom. The summed E-state index contributed by atoms with van der Waals surface area (Å²) < 4.78 is 7.89. The number of allylic oxidation sites excluding steroid dienone is 1. The normalized spacial score (nSPS) is 11.4. The Hall–Kier alpha value is -4.48. The topological polar surface area (TPSA) is 96.6 Å². The average Bonchev–Trinajstić information content (AvgIpc) is 3.31. The van der Waals surface area contributed by atoms with Gasteiger partial charge < -0.3 is 9.72 Å². The van der Waals surface area contributed by atoms with E-state index in [0.717, 1.165) is 15.7 Å². The van der Waals surface area contributed by atoms with Crippen molar-refractivity contribution < 1.29 is 4.74 Å². The molecule has 5 aromatic rings. The SMILES string of the molecule is COc1ccc(-c2nn(-c3ccccc3)cc2C=C(C#N)c2nc3ccccc3c(=O)[nH]2)cc1Br. The van der Waals surface area contributed by atoms with Crippen molar-refractivity contribution in [2.24, 2.45) is 0 Å². The van der Waals surface area contributed by atoms with Crippen molar-refractivity contribution in [2.45, 2.75) is 0 Å². The lowest BCUT2D eigenvalue weighted by atomic mass is 10.1. The predicted molar refractivity (Wildman–Crippen MR) is 139 cm³/mol. The Morgan fingerprint density at radius 3 is 2.63 bits per heavy atom. The Labute approximate surface area is 209 Å². The molecule has 0 atom stereocenters. The molecule has 0 radical (unpaired) electrons. The summed E-state index contributed by atoms with van der Waals surface area (Å²) in [6.45, 7) is 0. The number of hydrogen-bond acceptors (Lipinski definition) is 5. The monoisotopic (exact) mass is 523 g/mol. The minimum absolute atomic E-state index is 0.200. The number of fused-ring (bicyclic) bond motifs is 1. The van der Waals surface area contributed by atoms with E-state index in [1.165, 1.54) is 0 Å². The van der Waals surface area contributed by atoms with Gasteiger partial charge in [0.25, 0.3) is 5.56 Å². The molecule has 35 heavy (non-hydrogen) atoms. The van der Waals surface area contributed by atoms with Crippen molar-refractivity contribution in [1.82, 2.24) is 19.7 Å². The van der Waals surface area contributed by atoms with Crippen molar-refractivity contribution in [3.8, 4) is 28.8 Å². The number of aromatic nitrogens is 4. The largest absolute Gasteiger partial charge is 0.496 e. The maximum Gasteiger partial charge on any atom is 0.259 e. The van der Waals surface area contributed by atoms with E-state index in [0.29, 0.717) is 27.9 Å². The standard InChI is InChI=1S/C27H18BrN5O2/c1-35-24-12-11-17(14-22(24)28)25-19(16-33(32-25)20-7-3-2-4-8-20)13-18(15-29)26-30-23-10-6-5-9-21(23)27(34)31-26/h2-14,16H,1H3,(H,30,31,34). The van der Waals surface area contributed by atoms with Crippen LogP contribution in [0.15, 0.2) is 88.3 Å². The zero-order valence-corrected chi connectivity index (χ0v) is 20.2. The number of para-hydroxylation sites is 2. The molecule has 0 aliphatic heterocycles. The van der Waals surface area contributed by atoms with Gasteiger partial charge in [0.2, 0.25) is 0 Å². The summed E-state index contributed by atoms with van der Waals surface area (Å²) in [4.78, 5) is 19.8. The molecular formula is C27H18BrN5O2. The van der Waals surface area contributed by atoms with Crippen LogP contribution in [0.25, 0.3) is 39.5 Å². The quantitative estimate of drug-likeness (QED) is 0.302. The van der Waals surface area contributed by atoms with Crippen molar-refractivity contribution in [1.29, 1.82) is 5.26 Å². The summed E-state index contributed by atoms with van der Waals surface area (Å²) >= 11 is 3.54. The summed E-state index contributed by atoms with van der Waals surface area (Å²) in [5, 5.41) is 15.2. The number of rotatable bonds is 5. The maximum atomic E-state index is 12.6. The Kier molecular flexibility index (Phi) is 6.00. The van der Waals surface area contributed by atoms with E-state index in [1.54, 1.807) is 42.1 Å². The van der Waals surface area contributed by atoms with Crippen LogP contribution in [0.3, 0.4) is 0 Å². The minimum atomic E-state index is -0.300. The second-order valence-corrected chi connectivity index (χ2v) is 8.52. The molecule has 3 aromatic carbocycles. The first-order valence-corrected chi connectivity index (χ1v) is 11.5. The highest BCUT2D eigenvalue weighted by atomic mass is 79.9. The van der Waals surface area contributed by atoms with Gasteiger partial charge in [-0.15, -0.1) is 0 Å². The van der Waals surface area contributed by atoms with E-state index in [2.05, 4.69) is 32.0 Å². The van der Waals surface area contributed by atoms with Crippen molar-refractivity contribution in [3.05, 3.63) is 105 Å². The first-order chi connectivity index (χ1) is 17.1. The number of nitriles is 1. The van der Waals surface area contributed by atoms with E-state index >= 15 is 0 Å². The number of aromatic amines is 1. The number of benzene rings is 3. The molecule has 0 amide bonds. The average molecular weight is 524 g/mol. The van der Waals surface area contributed by atoms with Crippen molar-refractivity contribution in [2.75, 3.05) is 7.11 Å². The number of nitrogens with one attached hydrogen (secondary N) is 1. The van der Waals surface area contributed by atoms with Crippen LogP contribution in [0.2, 0.25) is 0 Å². The summed E-state index contributed by atoms with van der Waals surface area (Å²) in [6.07, 6.45) is 3.53. The van der Waals surface area contributed by atoms with Crippen LogP contribution in [-0.2, 0) is 0 Å². The van der Waals surface area contributed by atoms with Crippen LogP contribution in [0.5, 0.6) is 5.75 Å². The molecule has 2 aromatic heterocycles. The highest BCUT2D eigenvalue weighted by Crippen LogP contribution is 2.33. The van der Waals surface area contributed by atoms with Crippen LogP contribution >= 0.6 is 15.9 Å². The number of nitrogens with zero attached hydrogens (tertiary/aromatic N) is 4. The van der Waals surface area contributed by atoms with E-state index in [4.69, 9.17) is 9.84 Å². The molecule has 7 nitrogen and oxygen atoms in total. The smallest absolute Gasteiger partial charge is 0.259 e. The molecule has 0 saturated carbocycles. The summed E-state index contributed by atoms with van der Waals surface area (Å²) in [7, 11) is 1.61. The van der Waals surface area contributed by atoms with Gasteiger partial charge in [0.15, 0.2) is 5.82 Å². The maximum absolute atomic E-state index is 12.6. The molecule has 0 aliphatic carbocycles. The molecule has 8 heteroatoms. The fraction of sp³-hybridized carbons (Fsp3) is 0.0370. The highest BCUT2D eigenvalue weighted by Gasteiger charge is 2.15. The molecule has 0 bridgehead atoms.